The van der Waals surface area contributed by atoms with Gasteiger partial charge < -0.3 is 60.1 Å². The van der Waals surface area contributed by atoms with Crippen LogP contribution >= 0.6 is 11.6 Å². The van der Waals surface area contributed by atoms with Gasteiger partial charge in [0.2, 0.25) is 59.1 Å². The lowest BCUT2D eigenvalue weighted by Crippen LogP contribution is -2.65. The zero-order chi connectivity index (χ0) is 67.3. The van der Waals surface area contributed by atoms with E-state index in [4.69, 9.17) is 16.3 Å². The van der Waals surface area contributed by atoms with E-state index in [0.29, 0.717) is 37.0 Å². The molecule has 4 aliphatic rings. The molecule has 0 aromatic heterocycles. The van der Waals surface area contributed by atoms with Crippen molar-refractivity contribution in [1.29, 1.82) is 0 Å². The van der Waals surface area contributed by atoms with Gasteiger partial charge in [-0.25, -0.2) is 4.79 Å². The number of nitrogens with one attached hydrogen (secondary N) is 3. The minimum Gasteiger partial charge on any atom is -0.394 e. The molecule has 90 heavy (non-hydrogen) atoms. The number of alkyl halides is 3. The first-order valence-electron chi connectivity index (χ1n) is 31.3. The molecule has 2 saturated heterocycles. The van der Waals surface area contributed by atoms with Crippen LogP contribution in [-0.2, 0) is 65.3 Å². The summed E-state index contributed by atoms with van der Waals surface area (Å²) in [5.74, 6) is -7.79. The van der Waals surface area contributed by atoms with Crippen molar-refractivity contribution in [3.05, 3.63) is 34.3 Å². The van der Waals surface area contributed by atoms with Crippen LogP contribution in [0.2, 0.25) is 5.02 Å². The number of urea groups is 1. The lowest BCUT2D eigenvalue weighted by Gasteiger charge is -2.43. The van der Waals surface area contributed by atoms with E-state index in [1.165, 1.54) is 60.9 Å². The third-order valence-electron chi connectivity index (χ3n) is 18.3. The minimum absolute atomic E-state index is 0.112. The summed E-state index contributed by atoms with van der Waals surface area (Å²) in [6, 6.07) is -4.95. The Morgan fingerprint density at radius 2 is 1.38 bits per heavy atom. The molecule has 4 N–H and O–H groups in total. The van der Waals surface area contributed by atoms with Crippen molar-refractivity contribution >= 4 is 76.7 Å². The second-order valence-electron chi connectivity index (χ2n) is 25.5. The number of imide groups is 1. The third-order valence-corrected chi connectivity index (χ3v) is 18.6. The van der Waals surface area contributed by atoms with Gasteiger partial charge in [0.15, 0.2) is 0 Å². The minimum atomic E-state index is -4.78. The van der Waals surface area contributed by atoms with Crippen LogP contribution in [0.4, 0.5) is 18.0 Å². The molecule has 2 heterocycles. The maximum Gasteiger partial charge on any atom is 0.417 e. The van der Waals surface area contributed by atoms with Crippen LogP contribution in [0.25, 0.3) is 0 Å². The summed E-state index contributed by atoms with van der Waals surface area (Å²) in [5, 5.41) is 17.6. The number of nitrogens with zero attached hydrogens (tertiary/aromatic N) is 8. The smallest absolute Gasteiger partial charge is 0.394 e. The lowest BCUT2D eigenvalue weighted by atomic mass is 9.81. The molecule has 504 valence electrons. The van der Waals surface area contributed by atoms with Crippen LogP contribution in [0.1, 0.15) is 136 Å². The Hall–Kier alpha value is -6.61. The number of ether oxygens (including phenoxy) is 1. The van der Waals surface area contributed by atoms with Crippen molar-refractivity contribution in [3.63, 3.8) is 0 Å². The van der Waals surface area contributed by atoms with Gasteiger partial charge >= 0.3 is 12.2 Å². The number of halogens is 4. The molecule has 2 aliphatic carbocycles. The first-order valence-corrected chi connectivity index (χ1v) is 31.7. The van der Waals surface area contributed by atoms with Gasteiger partial charge in [0.1, 0.15) is 42.3 Å². The SMILES string of the molecule is CC[C@H](C)[C@@H]1NC(=O)[C@H](CC(C)C)N(C)C(=O)C[C@@H](C)N(C)C(=O)C(C2CCCCC2)N(C)C(=O)C2(CCCC2)NC(=O)[C@@H]2C[C@@H](OCCO)CN2C(=O)[C@H](CCc2ccc(C(F)(F)F)c(Cl)c2)NC(=O)CN(C)C(=O)N(C)C(=O)CN(C)C(=O)CN(C)C1=O. The van der Waals surface area contributed by atoms with Gasteiger partial charge in [-0.1, -0.05) is 83.9 Å². The Bertz CT molecular complexity index is 2770. The fourth-order valence-corrected chi connectivity index (χ4v) is 12.8. The first kappa shape index (κ1) is 74.1. The monoisotopic (exact) mass is 1290 g/mol. The van der Waals surface area contributed by atoms with E-state index in [0.717, 1.165) is 53.1 Å². The van der Waals surface area contributed by atoms with Crippen molar-refractivity contribution in [2.24, 2.45) is 17.8 Å². The van der Waals surface area contributed by atoms with Crippen molar-refractivity contribution in [3.8, 4) is 0 Å². The van der Waals surface area contributed by atoms with Crippen molar-refractivity contribution in [2.45, 2.75) is 185 Å². The van der Waals surface area contributed by atoms with Crippen LogP contribution in [0.3, 0.4) is 0 Å². The predicted molar refractivity (Wildman–Crippen MR) is 326 cm³/mol. The molecule has 5 rings (SSSR count). The maximum absolute atomic E-state index is 15.5. The Labute approximate surface area is 531 Å². The summed E-state index contributed by atoms with van der Waals surface area (Å²) in [6.07, 6.45) is -0.801. The molecule has 24 nitrogen and oxygen atoms in total. The molecule has 28 heteroatoms. The number of carbonyl (C=O) groups is 11. The summed E-state index contributed by atoms with van der Waals surface area (Å²) >= 11 is 6.09. The van der Waals surface area contributed by atoms with E-state index in [9.17, 15) is 51.8 Å². The molecule has 4 fully saturated rings. The first-order chi connectivity index (χ1) is 42.2. The number of aliphatic hydroxyl groups excluding tert-OH is 1. The number of carbonyl (C=O) groups excluding carboxylic acids is 11. The molecule has 1 aromatic rings. The van der Waals surface area contributed by atoms with Gasteiger partial charge in [-0.15, -0.1) is 0 Å². The van der Waals surface area contributed by atoms with Gasteiger partial charge in [-0.3, -0.25) is 52.8 Å². The lowest BCUT2D eigenvalue weighted by molar-refractivity contribution is -0.153. The number of benzene rings is 1. The van der Waals surface area contributed by atoms with Crippen molar-refractivity contribution in [1.82, 2.24) is 55.1 Å². The van der Waals surface area contributed by atoms with Crippen LogP contribution in [0.5, 0.6) is 0 Å². The van der Waals surface area contributed by atoms with Gasteiger partial charge in [0.25, 0.3) is 0 Å². The van der Waals surface area contributed by atoms with Crippen molar-refractivity contribution in [2.75, 3.05) is 88.7 Å². The van der Waals surface area contributed by atoms with Crippen molar-refractivity contribution < 1.29 is 75.8 Å². The Balaban J connectivity index is 1.58. The fourth-order valence-electron chi connectivity index (χ4n) is 12.5. The van der Waals surface area contributed by atoms with E-state index < -0.39 is 162 Å². The topological polar surface area (TPSA) is 279 Å². The molecule has 8 atom stereocenters. The fraction of sp³-hybridized carbons (Fsp3) is 0.726. The normalized spacial score (nSPS) is 26.2. The molecule has 2 saturated carbocycles. The molecule has 0 bridgehead atoms. The zero-order valence-corrected chi connectivity index (χ0v) is 55.0. The van der Waals surface area contributed by atoms with Gasteiger partial charge in [0, 0.05) is 74.8 Å². The molecule has 12 amide bonds. The Kier molecular flexibility index (Phi) is 26.8. The highest BCUT2D eigenvalue weighted by Gasteiger charge is 2.51. The quantitative estimate of drug-likeness (QED) is 0.247. The average molecular weight is 1290 g/mol. The molecule has 1 aromatic carbocycles. The highest BCUT2D eigenvalue weighted by molar-refractivity contribution is 6.31. The van der Waals surface area contributed by atoms with Gasteiger partial charge in [-0.05, 0) is 87.3 Å². The zero-order valence-electron chi connectivity index (χ0n) is 54.3. The van der Waals surface area contributed by atoms with Crippen LogP contribution < -0.4 is 16.0 Å². The largest absolute Gasteiger partial charge is 0.417 e. The number of rotatable bonds is 11. The van der Waals surface area contributed by atoms with Gasteiger partial charge in [0.05, 0.1) is 43.0 Å². The number of aryl methyl sites for hydroxylation is 1. The Morgan fingerprint density at radius 1 is 0.744 bits per heavy atom. The van der Waals surface area contributed by atoms with E-state index in [1.807, 2.05) is 20.8 Å². The molecule has 2 aliphatic heterocycles. The average Bonchev–Trinajstić information content (AvgIpc) is 1.62. The number of hydrogen-bond donors (Lipinski definition) is 4. The maximum atomic E-state index is 15.5. The molecular weight excluding hydrogens is 1200 g/mol. The summed E-state index contributed by atoms with van der Waals surface area (Å²) < 4.78 is 47.2. The highest BCUT2D eigenvalue weighted by atomic mass is 35.5. The summed E-state index contributed by atoms with van der Waals surface area (Å²) in [5.41, 5.74) is -2.43. The second kappa shape index (κ2) is 32.6. The molecule has 0 radical (unpaired) electrons. The standard InChI is InChI=1S/C62H95ClF3N11O13/c1-13-38(4)52-57(86)71(7)35-50(81)70(6)36-51(82)75(11)60(89)72(8)34-48(79)67-45(24-22-40-21-23-43(44(63)31-40)62(64,65)66)56(85)77-33-42(90-28-27-78)32-47(77)55(84)69-61(25-17-18-26-61)59(88)76(12)53(41-19-15-14-16-20-41)58(87)73(9)39(5)30-49(80)74(10)46(29-37(2)3)54(83)68-52/h21,23,31,37-39,41-42,45-47,52-53,78H,13-20,22,24-30,32-36H2,1-12H3,(H,67,79)(H,68,83)(H,69,84)/t38-,39+,42+,45-,46-,47-,52-,53?/m0/s1. The van der Waals surface area contributed by atoms with E-state index in [1.54, 1.807) is 20.9 Å². The second-order valence-corrected chi connectivity index (χ2v) is 25.9. The van der Waals surface area contributed by atoms with E-state index in [-0.39, 0.29) is 75.5 Å². The third kappa shape index (κ3) is 18.8. The highest BCUT2D eigenvalue weighted by Crippen LogP contribution is 2.38. The van der Waals surface area contributed by atoms with Crippen LogP contribution in [0, 0.1) is 17.8 Å². The van der Waals surface area contributed by atoms with E-state index >= 15 is 19.2 Å². The number of amides is 12. The summed E-state index contributed by atoms with van der Waals surface area (Å²) in [6.45, 7) is 6.17. The summed E-state index contributed by atoms with van der Waals surface area (Å²) in [7, 11) is 9.50. The number of aliphatic hydroxyl groups is 1. The van der Waals surface area contributed by atoms with Gasteiger partial charge in [-0.2, -0.15) is 13.2 Å². The van der Waals surface area contributed by atoms with E-state index in [2.05, 4.69) is 16.0 Å². The molecular formula is C62H95ClF3N11O13. The molecule has 1 unspecified atom stereocenters. The number of hydrogen-bond acceptors (Lipinski definition) is 13. The molecule has 1 spiro atoms. The number of likely N-dealkylation sites (N-methyl/N-ethyl adjacent to an activating group) is 7. The predicted octanol–water partition coefficient (Wildman–Crippen LogP) is 3.67. The number of fused-ring (bicyclic) bond motifs is 1. The Morgan fingerprint density at radius 3 is 1.97 bits per heavy atom. The summed E-state index contributed by atoms with van der Waals surface area (Å²) in [4.78, 5) is 168. The van der Waals surface area contributed by atoms with Crippen LogP contribution in [0.15, 0.2) is 18.2 Å². The van der Waals surface area contributed by atoms with Crippen LogP contribution in [-0.4, -0.2) is 246 Å².